The predicted molar refractivity (Wildman–Crippen MR) is 58.4 cm³/mol. The van der Waals surface area contributed by atoms with Crippen LogP contribution in [0, 0.1) is 5.92 Å². The molecule has 15 heavy (non-hydrogen) atoms. The molecule has 0 unspecified atom stereocenters. The van der Waals surface area contributed by atoms with Crippen LogP contribution in [0.25, 0.3) is 0 Å². The number of amides is 1. The highest BCUT2D eigenvalue weighted by molar-refractivity contribution is 5.79. The second-order valence-electron chi connectivity index (χ2n) is 4.92. The summed E-state index contributed by atoms with van der Waals surface area (Å²) in [6, 6.07) is 0. The Morgan fingerprint density at radius 2 is 1.80 bits per heavy atom. The van der Waals surface area contributed by atoms with Gasteiger partial charge in [0.25, 0.3) is 0 Å². The highest BCUT2D eigenvalue weighted by atomic mass is 16.3. The lowest BCUT2D eigenvalue weighted by Crippen LogP contribution is -2.45. The number of aliphatic hydroxyl groups excluding tert-OH is 1. The molecule has 1 amide bonds. The lowest BCUT2D eigenvalue weighted by Gasteiger charge is -2.34. The van der Waals surface area contributed by atoms with Crippen molar-refractivity contribution in [3.63, 3.8) is 0 Å². The monoisotopic (exact) mass is 211 g/mol. The van der Waals surface area contributed by atoms with Crippen molar-refractivity contribution in [2.45, 2.75) is 51.0 Å². The number of hydrogen-bond acceptors (Lipinski definition) is 2. The molecule has 0 radical (unpaired) electrons. The Kier molecular flexibility index (Phi) is 3.62. The maximum absolute atomic E-state index is 12.1. The summed E-state index contributed by atoms with van der Waals surface area (Å²) < 4.78 is 0. The van der Waals surface area contributed by atoms with Crippen LogP contribution in [0.1, 0.15) is 44.9 Å². The lowest BCUT2D eigenvalue weighted by molar-refractivity contribution is -0.139. The van der Waals surface area contributed by atoms with E-state index in [-0.39, 0.29) is 12.0 Å². The molecule has 3 heteroatoms. The number of β-amino-alcohol motifs (C(OH)–C–C–N with tert-alkyl or cyclic N) is 1. The molecule has 86 valence electrons. The molecule has 1 heterocycles. The van der Waals surface area contributed by atoms with Crippen molar-refractivity contribution in [2.24, 2.45) is 5.92 Å². The Bertz CT molecular complexity index is 224. The first-order valence-electron chi connectivity index (χ1n) is 6.24. The number of carbonyl (C=O) groups is 1. The van der Waals surface area contributed by atoms with Crippen LogP contribution in [0.5, 0.6) is 0 Å². The SMILES string of the molecule is O=C(C1CCCCC1)N1CCC[C@H](O)C1. The quantitative estimate of drug-likeness (QED) is 0.715. The molecule has 0 bridgehead atoms. The van der Waals surface area contributed by atoms with Gasteiger partial charge in [-0.1, -0.05) is 19.3 Å². The third-order valence-electron chi connectivity index (χ3n) is 3.66. The molecule has 1 N–H and O–H groups in total. The third-order valence-corrected chi connectivity index (χ3v) is 3.66. The maximum Gasteiger partial charge on any atom is 0.225 e. The average molecular weight is 211 g/mol. The number of aliphatic hydroxyl groups is 1. The molecule has 2 aliphatic rings. The number of likely N-dealkylation sites (tertiary alicyclic amines) is 1. The highest BCUT2D eigenvalue weighted by Crippen LogP contribution is 2.26. The first-order chi connectivity index (χ1) is 7.27. The third kappa shape index (κ3) is 2.71. The van der Waals surface area contributed by atoms with E-state index in [9.17, 15) is 9.90 Å². The van der Waals surface area contributed by atoms with E-state index in [2.05, 4.69) is 0 Å². The number of nitrogens with zero attached hydrogens (tertiary/aromatic N) is 1. The summed E-state index contributed by atoms with van der Waals surface area (Å²) in [7, 11) is 0. The van der Waals surface area contributed by atoms with Gasteiger partial charge >= 0.3 is 0 Å². The van der Waals surface area contributed by atoms with Gasteiger partial charge in [-0.15, -0.1) is 0 Å². The van der Waals surface area contributed by atoms with Crippen molar-refractivity contribution in [3.8, 4) is 0 Å². The van der Waals surface area contributed by atoms with E-state index in [0.717, 1.165) is 32.2 Å². The second kappa shape index (κ2) is 4.97. The Hall–Kier alpha value is -0.570. The van der Waals surface area contributed by atoms with E-state index in [1.165, 1.54) is 19.3 Å². The number of piperidine rings is 1. The molecule has 1 atom stereocenters. The summed E-state index contributed by atoms with van der Waals surface area (Å²) in [5, 5.41) is 9.53. The van der Waals surface area contributed by atoms with Gasteiger partial charge in [0.05, 0.1) is 6.10 Å². The zero-order valence-corrected chi connectivity index (χ0v) is 9.32. The fourth-order valence-electron chi connectivity index (χ4n) is 2.76. The molecule has 2 fully saturated rings. The molecule has 1 saturated heterocycles. The van der Waals surface area contributed by atoms with Crippen molar-refractivity contribution >= 4 is 5.91 Å². The minimum absolute atomic E-state index is 0.254. The van der Waals surface area contributed by atoms with Gasteiger partial charge in [0, 0.05) is 19.0 Å². The van der Waals surface area contributed by atoms with Gasteiger partial charge in [0.1, 0.15) is 0 Å². The van der Waals surface area contributed by atoms with Gasteiger partial charge in [-0.3, -0.25) is 4.79 Å². The van der Waals surface area contributed by atoms with Crippen LogP contribution in [0.4, 0.5) is 0 Å². The van der Waals surface area contributed by atoms with Crippen LogP contribution in [-0.4, -0.2) is 35.1 Å². The van der Waals surface area contributed by atoms with Crippen LogP contribution in [0.2, 0.25) is 0 Å². The Labute approximate surface area is 91.5 Å². The molecule has 1 saturated carbocycles. The number of hydrogen-bond donors (Lipinski definition) is 1. The lowest BCUT2D eigenvalue weighted by atomic mass is 9.88. The molecule has 0 aromatic heterocycles. The van der Waals surface area contributed by atoms with Gasteiger partial charge in [0.15, 0.2) is 0 Å². The van der Waals surface area contributed by atoms with E-state index < -0.39 is 0 Å². The van der Waals surface area contributed by atoms with Crippen LogP contribution >= 0.6 is 0 Å². The first kappa shape index (κ1) is 10.9. The van der Waals surface area contributed by atoms with E-state index in [1.54, 1.807) is 0 Å². The maximum atomic E-state index is 12.1. The van der Waals surface area contributed by atoms with E-state index >= 15 is 0 Å². The largest absolute Gasteiger partial charge is 0.391 e. The zero-order chi connectivity index (χ0) is 10.7. The fourth-order valence-corrected chi connectivity index (χ4v) is 2.76. The van der Waals surface area contributed by atoms with Crippen molar-refractivity contribution < 1.29 is 9.90 Å². The summed E-state index contributed by atoms with van der Waals surface area (Å²) in [5.41, 5.74) is 0. The molecule has 2 rings (SSSR count). The van der Waals surface area contributed by atoms with E-state index in [4.69, 9.17) is 0 Å². The second-order valence-corrected chi connectivity index (χ2v) is 4.92. The van der Waals surface area contributed by atoms with Crippen molar-refractivity contribution in [3.05, 3.63) is 0 Å². The summed E-state index contributed by atoms with van der Waals surface area (Å²) in [5.74, 6) is 0.553. The zero-order valence-electron chi connectivity index (χ0n) is 9.32. The minimum Gasteiger partial charge on any atom is -0.391 e. The Morgan fingerprint density at radius 1 is 1.07 bits per heavy atom. The summed E-state index contributed by atoms with van der Waals surface area (Å²) in [4.78, 5) is 14.0. The van der Waals surface area contributed by atoms with Crippen LogP contribution < -0.4 is 0 Å². The van der Waals surface area contributed by atoms with Crippen molar-refractivity contribution in [1.82, 2.24) is 4.90 Å². The van der Waals surface area contributed by atoms with E-state index in [0.29, 0.717) is 12.5 Å². The fraction of sp³-hybridized carbons (Fsp3) is 0.917. The van der Waals surface area contributed by atoms with Crippen LogP contribution in [0.3, 0.4) is 0 Å². The normalized spacial score (nSPS) is 29.1. The molecule has 0 aromatic carbocycles. The number of carbonyl (C=O) groups excluding carboxylic acids is 1. The van der Waals surface area contributed by atoms with Crippen molar-refractivity contribution in [1.29, 1.82) is 0 Å². The summed E-state index contributed by atoms with van der Waals surface area (Å²) >= 11 is 0. The summed E-state index contributed by atoms with van der Waals surface area (Å²) in [6.07, 6.45) is 7.34. The smallest absolute Gasteiger partial charge is 0.225 e. The molecule has 1 aliphatic heterocycles. The Balaban J connectivity index is 1.88. The molecule has 0 spiro atoms. The van der Waals surface area contributed by atoms with Gasteiger partial charge in [-0.25, -0.2) is 0 Å². The topological polar surface area (TPSA) is 40.5 Å². The van der Waals surface area contributed by atoms with Crippen LogP contribution in [0.15, 0.2) is 0 Å². The van der Waals surface area contributed by atoms with Gasteiger partial charge in [-0.05, 0) is 25.7 Å². The predicted octanol–water partition coefficient (Wildman–Crippen LogP) is 1.55. The molecular weight excluding hydrogens is 190 g/mol. The van der Waals surface area contributed by atoms with Crippen molar-refractivity contribution in [2.75, 3.05) is 13.1 Å². The van der Waals surface area contributed by atoms with Gasteiger partial charge < -0.3 is 10.0 Å². The first-order valence-corrected chi connectivity index (χ1v) is 6.24. The molecular formula is C12H21NO2. The minimum atomic E-state index is -0.286. The Morgan fingerprint density at radius 3 is 2.47 bits per heavy atom. The van der Waals surface area contributed by atoms with E-state index in [1.807, 2.05) is 4.90 Å². The van der Waals surface area contributed by atoms with Gasteiger partial charge in [0.2, 0.25) is 5.91 Å². The summed E-state index contributed by atoms with van der Waals surface area (Å²) in [6.45, 7) is 1.42. The molecule has 0 aromatic rings. The van der Waals surface area contributed by atoms with Gasteiger partial charge in [-0.2, -0.15) is 0 Å². The molecule has 1 aliphatic carbocycles. The average Bonchev–Trinajstić information content (AvgIpc) is 2.29. The highest BCUT2D eigenvalue weighted by Gasteiger charge is 2.28. The number of rotatable bonds is 1. The molecule has 3 nitrogen and oxygen atoms in total. The standard InChI is InChI=1S/C12H21NO2/c14-11-7-4-8-13(9-11)12(15)10-5-2-1-3-6-10/h10-11,14H,1-9H2/t11-/m0/s1. The van der Waals surface area contributed by atoms with Crippen LogP contribution in [-0.2, 0) is 4.79 Å².